The van der Waals surface area contributed by atoms with E-state index in [0.29, 0.717) is 10.7 Å². The molecule has 2 unspecified atom stereocenters. The lowest BCUT2D eigenvalue weighted by molar-refractivity contribution is -0.123. The van der Waals surface area contributed by atoms with E-state index in [2.05, 4.69) is 25.5 Å². The van der Waals surface area contributed by atoms with Crippen molar-refractivity contribution in [2.24, 2.45) is 13.0 Å². The van der Waals surface area contributed by atoms with Gasteiger partial charge in [0.2, 0.25) is 21.8 Å². The molecule has 1 fully saturated rings. The number of hydrogen-bond acceptors (Lipinski definition) is 9. The molecular formula is C36H31ClF6N9O5PS. The number of nitrogens with zero attached hydrogens (tertiary/aromatic N) is 8. The molecule has 2 aliphatic rings. The molecule has 4 heterocycles. The van der Waals surface area contributed by atoms with Crippen LogP contribution in [0.2, 0.25) is 5.02 Å². The minimum absolute atomic E-state index is 0.00486. The number of carbonyl (C=O) groups is 1. The summed E-state index contributed by atoms with van der Waals surface area (Å²) >= 11 is 6.70. The van der Waals surface area contributed by atoms with Gasteiger partial charge in [0.15, 0.2) is 11.5 Å². The molecule has 310 valence electrons. The van der Waals surface area contributed by atoms with Gasteiger partial charge in [-0.1, -0.05) is 11.6 Å². The lowest BCUT2D eigenvalue weighted by Crippen LogP contribution is -2.38. The summed E-state index contributed by atoms with van der Waals surface area (Å²) in [6, 6.07) is 6.58. The molecule has 0 bridgehead atoms. The fourth-order valence-corrected chi connectivity index (χ4v) is 10.2. The number of benzene rings is 2. The van der Waals surface area contributed by atoms with Crippen molar-refractivity contribution in [2.75, 3.05) is 24.1 Å². The molecule has 59 heavy (non-hydrogen) atoms. The third kappa shape index (κ3) is 6.85. The Hall–Kier alpha value is -5.27. The zero-order valence-electron chi connectivity index (χ0n) is 31.1. The first kappa shape index (κ1) is 40.5. The Kier molecular flexibility index (Phi) is 9.94. The minimum Gasteiger partial charge on any atom is -0.481 e. The van der Waals surface area contributed by atoms with E-state index in [1.807, 2.05) is 0 Å². The second kappa shape index (κ2) is 14.5. The van der Waals surface area contributed by atoms with Crippen molar-refractivity contribution >= 4 is 64.0 Å². The maximum absolute atomic E-state index is 15.4. The molecule has 4 atom stereocenters. The highest BCUT2D eigenvalue weighted by atomic mass is 35.5. The highest BCUT2D eigenvalue weighted by Crippen LogP contribution is 2.68. The number of carbonyl (C=O) groups excluding carboxylic acids is 1. The number of pyridine rings is 1. The number of anilines is 1. The maximum Gasteiger partial charge on any atom is 0.293 e. The van der Waals surface area contributed by atoms with Crippen LogP contribution in [0.5, 0.6) is 5.88 Å². The number of nitrogens with one attached hydrogen (secondary N) is 1. The van der Waals surface area contributed by atoms with Gasteiger partial charge in [0.1, 0.15) is 35.4 Å². The average Bonchev–Trinajstić information content (AvgIpc) is 3.68. The third-order valence-electron chi connectivity index (χ3n) is 10.3. The molecule has 0 saturated heterocycles. The van der Waals surface area contributed by atoms with Gasteiger partial charge in [-0.2, -0.15) is 24.0 Å². The van der Waals surface area contributed by atoms with Crippen molar-refractivity contribution in [1.82, 2.24) is 39.4 Å². The molecule has 2 aromatic carbocycles. The zero-order chi connectivity index (χ0) is 42.5. The number of hydrogen-bond donors (Lipinski definition) is 1. The Labute approximate surface area is 337 Å². The van der Waals surface area contributed by atoms with E-state index < -0.39 is 87.7 Å². The number of halogens is 7. The van der Waals surface area contributed by atoms with Crippen LogP contribution in [0.1, 0.15) is 53.1 Å². The molecule has 23 heteroatoms. The number of methoxy groups -OCH3 is 1. The quantitative estimate of drug-likeness (QED) is 0.114. The topological polar surface area (TPSA) is 159 Å². The van der Waals surface area contributed by atoms with Crippen LogP contribution in [0.15, 0.2) is 47.3 Å². The summed E-state index contributed by atoms with van der Waals surface area (Å²) < 4.78 is 123. The molecular weight excluding hydrogens is 851 g/mol. The summed E-state index contributed by atoms with van der Waals surface area (Å²) in [4.78, 5) is 37.7. The number of fused-ring (bicyclic) bond motifs is 5. The molecule has 8 rings (SSSR count). The predicted octanol–water partition coefficient (Wildman–Crippen LogP) is 6.04. The molecule has 2 aliphatic carbocycles. The van der Waals surface area contributed by atoms with Gasteiger partial charge in [-0.3, -0.25) is 23.5 Å². The number of aromatic nitrogens is 7. The first-order valence-electron chi connectivity index (χ1n) is 17.7. The number of aryl methyl sites for hydroxylation is 1. The molecule has 1 N–H and O–H groups in total. The standard InChI is InChI=1S/C36H31ClF6N9O5PS/c1-49-29-23(7-6-21(37)27(29)34(48-49)52(58-3)59(4,55)56)51-33(46-32-18(35(51)54)5-8-25(45-32)57-2)22(11-15-9-16(38)12-17(39)10-15)44-24(53)14-50-30-26(28(47-50)31(40)41)19-13-20(19)36(30,42)43/h5-10,12,19-20,22,31,58H,11,13-14H2,1-4H3,(H,44,53)/t19-,20+,22?/m0/s1. The number of amides is 1. The smallest absolute Gasteiger partial charge is 0.293 e. The van der Waals surface area contributed by atoms with Crippen LogP contribution in [0.3, 0.4) is 0 Å². The highest BCUT2D eigenvalue weighted by molar-refractivity contribution is 7.97. The van der Waals surface area contributed by atoms with Crippen LogP contribution in [0, 0.1) is 17.6 Å². The molecule has 1 amide bonds. The lowest BCUT2D eigenvalue weighted by Gasteiger charge is -2.24. The van der Waals surface area contributed by atoms with Gasteiger partial charge in [0, 0.05) is 37.1 Å². The summed E-state index contributed by atoms with van der Waals surface area (Å²) in [6.07, 6.45) is -2.70. The number of alkyl halides is 4. The van der Waals surface area contributed by atoms with E-state index >= 15 is 8.78 Å². The predicted molar refractivity (Wildman–Crippen MR) is 205 cm³/mol. The van der Waals surface area contributed by atoms with Crippen molar-refractivity contribution in [2.45, 2.75) is 43.7 Å². The van der Waals surface area contributed by atoms with E-state index in [0.717, 1.165) is 27.0 Å². The van der Waals surface area contributed by atoms with Gasteiger partial charge in [-0.25, -0.2) is 35.0 Å². The second-order valence-corrected chi connectivity index (χ2v) is 17.6. The van der Waals surface area contributed by atoms with Gasteiger partial charge in [0.05, 0.1) is 46.4 Å². The third-order valence-corrected chi connectivity index (χ3v) is 13.6. The van der Waals surface area contributed by atoms with Crippen LogP contribution in [-0.2, 0) is 40.8 Å². The first-order valence-corrected chi connectivity index (χ1v) is 21.3. The second-order valence-electron chi connectivity index (χ2n) is 14.1. The number of ether oxygens (including phenoxy) is 1. The summed E-state index contributed by atoms with van der Waals surface area (Å²) in [5.74, 6) is -8.94. The van der Waals surface area contributed by atoms with Crippen molar-refractivity contribution < 1.29 is 44.3 Å². The summed E-state index contributed by atoms with van der Waals surface area (Å²) in [6.45, 7) is 0.617. The van der Waals surface area contributed by atoms with Crippen LogP contribution in [-0.4, -0.2) is 68.5 Å². The van der Waals surface area contributed by atoms with Crippen LogP contribution < -0.4 is 19.7 Å². The number of sulfonamides is 1. The SMILES string of the molecule is COc1ccc2c(=O)n(-c3ccc(Cl)c4c(N(PC)S(C)(=O)=O)nn(C)c34)c(C(Cc3cc(F)cc(F)c3)NC(=O)Cn3nc(C(F)F)c4c3C(F)(F)[C@@H]3C[C@H]43)nc2n1. The van der Waals surface area contributed by atoms with Crippen molar-refractivity contribution in [3.05, 3.63) is 97.8 Å². The largest absolute Gasteiger partial charge is 0.481 e. The molecule has 0 aliphatic heterocycles. The fraction of sp³-hybridized carbons (Fsp3) is 0.333. The van der Waals surface area contributed by atoms with Crippen molar-refractivity contribution in [3.8, 4) is 11.6 Å². The molecule has 14 nitrogen and oxygen atoms in total. The fourth-order valence-electron chi connectivity index (χ4n) is 7.86. The molecule has 1 saturated carbocycles. The summed E-state index contributed by atoms with van der Waals surface area (Å²) in [5, 5.41) is 10.9. The zero-order valence-corrected chi connectivity index (χ0v) is 33.7. The first-order chi connectivity index (χ1) is 27.8. The Morgan fingerprint density at radius 2 is 1.83 bits per heavy atom. The highest BCUT2D eigenvalue weighted by Gasteiger charge is 2.67. The van der Waals surface area contributed by atoms with Gasteiger partial charge in [-0.15, -0.1) is 0 Å². The Morgan fingerprint density at radius 1 is 1.12 bits per heavy atom. The maximum atomic E-state index is 15.4. The molecule has 6 aromatic rings. The minimum atomic E-state index is -3.90. The summed E-state index contributed by atoms with van der Waals surface area (Å²) in [5.41, 5.74) is -2.83. The molecule has 0 spiro atoms. The van der Waals surface area contributed by atoms with Gasteiger partial charge in [0.25, 0.3) is 17.9 Å². The normalized spacial score (nSPS) is 17.6. The van der Waals surface area contributed by atoms with Gasteiger partial charge < -0.3 is 10.1 Å². The average molecular weight is 882 g/mol. The summed E-state index contributed by atoms with van der Waals surface area (Å²) in [7, 11) is -1.44. The van der Waals surface area contributed by atoms with E-state index in [9.17, 15) is 35.6 Å². The van der Waals surface area contributed by atoms with Crippen molar-refractivity contribution in [1.29, 1.82) is 0 Å². The Bertz CT molecular complexity index is 2890. The van der Waals surface area contributed by atoms with E-state index in [4.69, 9.17) is 16.3 Å². The van der Waals surface area contributed by atoms with E-state index in [1.165, 1.54) is 43.1 Å². The van der Waals surface area contributed by atoms with Gasteiger partial charge >= 0.3 is 0 Å². The Morgan fingerprint density at radius 3 is 2.47 bits per heavy atom. The Balaban J connectivity index is 1.34. The van der Waals surface area contributed by atoms with Crippen molar-refractivity contribution in [3.63, 3.8) is 0 Å². The van der Waals surface area contributed by atoms with E-state index in [-0.39, 0.29) is 76.4 Å². The molecule has 0 radical (unpaired) electrons. The van der Waals surface area contributed by atoms with Crippen LogP contribution in [0.25, 0.3) is 27.6 Å². The lowest BCUT2D eigenvalue weighted by atomic mass is 10.0. The van der Waals surface area contributed by atoms with Crippen LogP contribution in [0.4, 0.5) is 32.2 Å². The van der Waals surface area contributed by atoms with E-state index in [1.54, 1.807) is 6.66 Å². The molecule has 4 aromatic heterocycles. The van der Waals surface area contributed by atoms with Gasteiger partial charge in [-0.05, 0) is 63.6 Å². The number of rotatable bonds is 12. The monoisotopic (exact) mass is 881 g/mol. The van der Waals surface area contributed by atoms with Crippen LogP contribution >= 0.6 is 20.3 Å².